The van der Waals surface area contributed by atoms with E-state index in [1.54, 1.807) is 0 Å². The first-order valence-electron chi connectivity index (χ1n) is 5.58. The van der Waals surface area contributed by atoms with E-state index in [-0.39, 0.29) is 0 Å². The van der Waals surface area contributed by atoms with Crippen LogP contribution >= 0.6 is 11.3 Å². The zero-order valence-electron chi connectivity index (χ0n) is 10.2. The number of nitrogen functional groups attached to an aromatic ring is 1. The van der Waals surface area contributed by atoms with Crippen LogP contribution in [0.1, 0.15) is 16.8 Å². The van der Waals surface area contributed by atoms with Gasteiger partial charge in [0.05, 0.1) is 5.69 Å². The van der Waals surface area contributed by atoms with Gasteiger partial charge in [-0.15, -0.1) is 11.3 Å². The smallest absolute Gasteiger partial charge is 0.180 e. The van der Waals surface area contributed by atoms with Crippen LogP contribution in [0, 0.1) is 6.92 Å². The van der Waals surface area contributed by atoms with E-state index >= 15 is 0 Å². The third-order valence-corrected chi connectivity index (χ3v) is 3.43. The SMILES string of the molecule is Cc1ccccc1CN(C)Cc1csc(N)n1. The molecule has 90 valence electrons. The van der Waals surface area contributed by atoms with Gasteiger partial charge in [-0.05, 0) is 25.1 Å². The molecule has 2 aromatic rings. The molecule has 0 radical (unpaired) electrons. The second-order valence-electron chi connectivity index (χ2n) is 4.28. The zero-order valence-corrected chi connectivity index (χ0v) is 11.0. The summed E-state index contributed by atoms with van der Waals surface area (Å²) in [5.74, 6) is 0. The van der Waals surface area contributed by atoms with Gasteiger partial charge in [0.15, 0.2) is 5.13 Å². The average Bonchev–Trinajstić information content (AvgIpc) is 2.67. The van der Waals surface area contributed by atoms with E-state index in [2.05, 4.69) is 48.1 Å². The molecule has 0 atom stereocenters. The molecule has 0 saturated heterocycles. The first kappa shape index (κ1) is 12.1. The molecule has 0 aliphatic rings. The molecule has 3 nitrogen and oxygen atoms in total. The number of hydrogen-bond donors (Lipinski definition) is 1. The highest BCUT2D eigenvalue weighted by atomic mass is 32.1. The Morgan fingerprint density at radius 2 is 2.06 bits per heavy atom. The Hall–Kier alpha value is -1.39. The molecule has 4 heteroatoms. The molecule has 0 amide bonds. The molecule has 0 aliphatic heterocycles. The standard InChI is InChI=1S/C13H17N3S/c1-10-5-3-4-6-11(10)7-16(2)8-12-9-17-13(14)15-12/h3-6,9H,7-8H2,1-2H3,(H2,14,15). The normalized spacial score (nSPS) is 11.0. The van der Waals surface area contributed by atoms with Crippen molar-refractivity contribution in [2.24, 2.45) is 0 Å². The molecule has 0 unspecified atom stereocenters. The summed E-state index contributed by atoms with van der Waals surface area (Å²) in [6, 6.07) is 8.46. The van der Waals surface area contributed by atoms with E-state index in [1.807, 2.05) is 5.38 Å². The van der Waals surface area contributed by atoms with Crippen molar-refractivity contribution >= 4 is 16.5 Å². The van der Waals surface area contributed by atoms with E-state index in [1.165, 1.54) is 22.5 Å². The van der Waals surface area contributed by atoms with E-state index in [9.17, 15) is 0 Å². The van der Waals surface area contributed by atoms with Gasteiger partial charge >= 0.3 is 0 Å². The van der Waals surface area contributed by atoms with Crippen LogP contribution in [0.15, 0.2) is 29.6 Å². The summed E-state index contributed by atoms with van der Waals surface area (Å²) < 4.78 is 0. The molecule has 17 heavy (non-hydrogen) atoms. The Kier molecular flexibility index (Phi) is 3.76. The molecule has 0 saturated carbocycles. The van der Waals surface area contributed by atoms with Crippen molar-refractivity contribution in [2.45, 2.75) is 20.0 Å². The Morgan fingerprint density at radius 3 is 2.71 bits per heavy atom. The van der Waals surface area contributed by atoms with Gasteiger partial charge in [-0.3, -0.25) is 4.90 Å². The number of benzene rings is 1. The predicted molar refractivity (Wildman–Crippen MR) is 72.9 cm³/mol. The van der Waals surface area contributed by atoms with Crippen LogP contribution < -0.4 is 5.73 Å². The van der Waals surface area contributed by atoms with Crippen LogP contribution in [0.25, 0.3) is 0 Å². The minimum Gasteiger partial charge on any atom is -0.375 e. The van der Waals surface area contributed by atoms with Crippen molar-refractivity contribution in [3.05, 3.63) is 46.5 Å². The van der Waals surface area contributed by atoms with Gasteiger partial charge in [-0.2, -0.15) is 0 Å². The summed E-state index contributed by atoms with van der Waals surface area (Å²) in [5.41, 5.74) is 9.36. The first-order chi connectivity index (χ1) is 8.15. The number of hydrogen-bond acceptors (Lipinski definition) is 4. The summed E-state index contributed by atoms with van der Waals surface area (Å²) in [5, 5.41) is 2.66. The number of nitrogens with two attached hydrogens (primary N) is 1. The minimum atomic E-state index is 0.643. The first-order valence-corrected chi connectivity index (χ1v) is 6.46. The molecule has 0 bridgehead atoms. The van der Waals surface area contributed by atoms with E-state index in [0.717, 1.165) is 18.8 Å². The number of nitrogens with zero attached hydrogens (tertiary/aromatic N) is 2. The molecule has 1 heterocycles. The summed E-state index contributed by atoms with van der Waals surface area (Å²) in [6.07, 6.45) is 0. The van der Waals surface area contributed by atoms with Gasteiger partial charge in [0.2, 0.25) is 0 Å². The van der Waals surface area contributed by atoms with Crippen LogP contribution in [0.3, 0.4) is 0 Å². The summed E-state index contributed by atoms with van der Waals surface area (Å²) in [6.45, 7) is 3.91. The summed E-state index contributed by atoms with van der Waals surface area (Å²) >= 11 is 1.50. The number of aryl methyl sites for hydroxylation is 1. The molecule has 0 spiro atoms. The van der Waals surface area contributed by atoms with Crippen LogP contribution in [0.5, 0.6) is 0 Å². The maximum atomic E-state index is 5.62. The van der Waals surface area contributed by atoms with Gasteiger partial charge < -0.3 is 5.73 Å². The van der Waals surface area contributed by atoms with Crippen LogP contribution in [0.4, 0.5) is 5.13 Å². The Balaban J connectivity index is 1.98. The summed E-state index contributed by atoms with van der Waals surface area (Å²) in [4.78, 5) is 6.52. The average molecular weight is 247 g/mol. The number of rotatable bonds is 4. The van der Waals surface area contributed by atoms with Crippen molar-refractivity contribution in [2.75, 3.05) is 12.8 Å². The lowest BCUT2D eigenvalue weighted by Crippen LogP contribution is -2.18. The fourth-order valence-corrected chi connectivity index (χ4v) is 2.36. The maximum absolute atomic E-state index is 5.62. The lowest BCUT2D eigenvalue weighted by molar-refractivity contribution is 0.315. The van der Waals surface area contributed by atoms with E-state index in [4.69, 9.17) is 5.73 Å². The zero-order chi connectivity index (χ0) is 12.3. The molecule has 2 N–H and O–H groups in total. The van der Waals surface area contributed by atoms with Crippen molar-refractivity contribution in [3.63, 3.8) is 0 Å². The van der Waals surface area contributed by atoms with Crippen molar-refractivity contribution in [1.29, 1.82) is 0 Å². The van der Waals surface area contributed by atoms with Gasteiger partial charge in [0.1, 0.15) is 0 Å². The number of thiazole rings is 1. The Morgan fingerprint density at radius 1 is 1.29 bits per heavy atom. The monoisotopic (exact) mass is 247 g/mol. The second-order valence-corrected chi connectivity index (χ2v) is 5.17. The molecular weight excluding hydrogens is 230 g/mol. The summed E-state index contributed by atoms with van der Waals surface area (Å²) in [7, 11) is 2.10. The highest BCUT2D eigenvalue weighted by Gasteiger charge is 2.05. The molecule has 2 rings (SSSR count). The van der Waals surface area contributed by atoms with Crippen molar-refractivity contribution in [1.82, 2.24) is 9.88 Å². The van der Waals surface area contributed by atoms with Gasteiger partial charge in [-0.25, -0.2) is 4.98 Å². The number of anilines is 1. The molecule has 0 aliphatic carbocycles. The second kappa shape index (κ2) is 5.29. The molecule has 1 aromatic heterocycles. The quantitative estimate of drug-likeness (QED) is 0.903. The van der Waals surface area contributed by atoms with Gasteiger partial charge in [-0.1, -0.05) is 24.3 Å². The topological polar surface area (TPSA) is 42.1 Å². The van der Waals surface area contributed by atoms with Crippen LogP contribution in [-0.4, -0.2) is 16.9 Å². The third kappa shape index (κ3) is 3.28. The Bertz CT molecular complexity index is 493. The lowest BCUT2D eigenvalue weighted by atomic mass is 10.1. The molecule has 0 fully saturated rings. The molecule has 1 aromatic carbocycles. The minimum absolute atomic E-state index is 0.643. The highest BCUT2D eigenvalue weighted by molar-refractivity contribution is 7.13. The molecular formula is C13H17N3S. The van der Waals surface area contributed by atoms with Crippen molar-refractivity contribution in [3.8, 4) is 0 Å². The van der Waals surface area contributed by atoms with Crippen LogP contribution in [-0.2, 0) is 13.1 Å². The van der Waals surface area contributed by atoms with Gasteiger partial charge in [0.25, 0.3) is 0 Å². The lowest BCUT2D eigenvalue weighted by Gasteiger charge is -2.16. The van der Waals surface area contributed by atoms with E-state index in [0.29, 0.717) is 5.13 Å². The fraction of sp³-hybridized carbons (Fsp3) is 0.308. The maximum Gasteiger partial charge on any atom is 0.180 e. The largest absolute Gasteiger partial charge is 0.375 e. The number of aromatic nitrogens is 1. The highest BCUT2D eigenvalue weighted by Crippen LogP contribution is 2.15. The fourth-order valence-electron chi connectivity index (χ4n) is 1.81. The van der Waals surface area contributed by atoms with E-state index < -0.39 is 0 Å². The van der Waals surface area contributed by atoms with Crippen molar-refractivity contribution < 1.29 is 0 Å². The third-order valence-electron chi connectivity index (χ3n) is 2.70. The van der Waals surface area contributed by atoms with Crippen LogP contribution in [0.2, 0.25) is 0 Å². The Labute approximate surface area is 106 Å². The van der Waals surface area contributed by atoms with Gasteiger partial charge in [0, 0.05) is 18.5 Å². The predicted octanol–water partition coefficient (Wildman–Crippen LogP) is 2.67.